The van der Waals surface area contributed by atoms with Crippen molar-refractivity contribution in [2.24, 2.45) is 0 Å². The third-order valence-electron chi connectivity index (χ3n) is 3.85. The van der Waals surface area contributed by atoms with E-state index >= 15 is 0 Å². The third-order valence-corrected chi connectivity index (χ3v) is 4.42. The van der Waals surface area contributed by atoms with Crippen LogP contribution in [-0.2, 0) is 29.3 Å². The molecule has 27 heavy (non-hydrogen) atoms. The lowest BCUT2D eigenvalue weighted by Crippen LogP contribution is -2.65. The molecular formula is C12H19NO13S. The predicted molar refractivity (Wildman–Crippen MR) is 79.9 cm³/mol. The zero-order chi connectivity index (χ0) is 20.5. The zero-order valence-electron chi connectivity index (χ0n) is 13.4. The van der Waals surface area contributed by atoms with Gasteiger partial charge in [-0.2, -0.15) is 13.1 Å². The summed E-state index contributed by atoms with van der Waals surface area (Å²) in [6.07, 6.45) is -11.7. The Labute approximate surface area is 152 Å². The van der Waals surface area contributed by atoms with Crippen LogP contribution < -0.4 is 4.72 Å². The van der Waals surface area contributed by atoms with E-state index in [-0.39, 0.29) is 0 Å². The summed E-state index contributed by atoms with van der Waals surface area (Å²) in [4.78, 5) is 11.0. The quantitative estimate of drug-likeness (QED) is 0.190. The first kappa shape index (κ1) is 21.9. The maximum Gasteiger partial charge on any atom is 0.371 e. The molecule has 0 saturated carbocycles. The van der Waals surface area contributed by atoms with Gasteiger partial charge < -0.3 is 44.8 Å². The van der Waals surface area contributed by atoms with E-state index in [2.05, 4.69) is 0 Å². The number of aliphatic carboxylic acids is 1. The summed E-state index contributed by atoms with van der Waals surface area (Å²) in [7, 11) is -4.89. The topological polar surface area (TPSA) is 233 Å². The van der Waals surface area contributed by atoms with Gasteiger partial charge in [0.2, 0.25) is 12.0 Å². The lowest BCUT2D eigenvalue weighted by Gasteiger charge is -2.44. The maximum absolute atomic E-state index is 11.0. The van der Waals surface area contributed by atoms with E-state index in [1.54, 1.807) is 0 Å². The minimum Gasteiger partial charge on any atom is -0.475 e. The summed E-state index contributed by atoms with van der Waals surface area (Å²) >= 11 is 0. The Morgan fingerprint density at radius 1 is 1.22 bits per heavy atom. The van der Waals surface area contributed by atoms with E-state index in [9.17, 15) is 38.7 Å². The molecule has 0 radical (unpaired) electrons. The van der Waals surface area contributed by atoms with Crippen molar-refractivity contribution >= 4 is 16.3 Å². The number of ether oxygens (including phenoxy) is 3. The number of aliphatic hydroxyl groups is 5. The van der Waals surface area contributed by atoms with Gasteiger partial charge in [0.05, 0.1) is 6.61 Å². The number of hydrogen-bond acceptors (Lipinski definition) is 11. The van der Waals surface area contributed by atoms with Crippen molar-refractivity contribution in [2.45, 2.75) is 49.1 Å². The van der Waals surface area contributed by atoms with E-state index < -0.39 is 77.8 Å². The fourth-order valence-corrected chi connectivity index (χ4v) is 3.18. The number of carboxylic acids is 1. The van der Waals surface area contributed by atoms with Gasteiger partial charge in [0.25, 0.3) is 0 Å². The molecule has 14 nitrogen and oxygen atoms in total. The fraction of sp³-hybridized carbons (Fsp3) is 0.750. The molecule has 0 bridgehead atoms. The van der Waals surface area contributed by atoms with Gasteiger partial charge in [-0.25, -0.2) is 4.79 Å². The van der Waals surface area contributed by atoms with E-state index in [1.165, 1.54) is 4.72 Å². The van der Waals surface area contributed by atoms with E-state index in [0.29, 0.717) is 6.08 Å². The van der Waals surface area contributed by atoms with Crippen molar-refractivity contribution in [3.63, 3.8) is 0 Å². The van der Waals surface area contributed by atoms with Gasteiger partial charge >= 0.3 is 16.3 Å². The van der Waals surface area contributed by atoms with Crippen LogP contribution in [0, 0.1) is 0 Å². The van der Waals surface area contributed by atoms with Crippen molar-refractivity contribution in [3.8, 4) is 0 Å². The number of hydrogen-bond donors (Lipinski definition) is 8. The zero-order valence-corrected chi connectivity index (χ0v) is 14.2. The molecule has 2 unspecified atom stereocenters. The Kier molecular flexibility index (Phi) is 6.74. The number of carboxylic acid groups (broad SMARTS) is 1. The van der Waals surface area contributed by atoms with Crippen LogP contribution in [0.2, 0.25) is 0 Å². The first-order chi connectivity index (χ1) is 12.4. The molecule has 8 atom stereocenters. The van der Waals surface area contributed by atoms with Crippen LogP contribution in [0.4, 0.5) is 0 Å². The van der Waals surface area contributed by atoms with Gasteiger partial charge in [-0.15, -0.1) is 0 Å². The first-order valence-electron chi connectivity index (χ1n) is 7.45. The summed E-state index contributed by atoms with van der Waals surface area (Å²) in [5.41, 5.74) is 0. The Morgan fingerprint density at radius 2 is 1.85 bits per heavy atom. The van der Waals surface area contributed by atoms with Gasteiger partial charge in [-0.3, -0.25) is 4.55 Å². The van der Waals surface area contributed by atoms with Crippen molar-refractivity contribution in [1.29, 1.82) is 0 Å². The lowest BCUT2D eigenvalue weighted by molar-refractivity contribution is -0.306. The van der Waals surface area contributed by atoms with E-state index in [4.69, 9.17) is 23.9 Å². The molecule has 1 saturated heterocycles. The highest BCUT2D eigenvalue weighted by atomic mass is 32.2. The summed E-state index contributed by atoms with van der Waals surface area (Å²) in [5, 5.41) is 57.8. The van der Waals surface area contributed by atoms with Crippen LogP contribution in [0.25, 0.3) is 0 Å². The SMILES string of the molecule is O=C(O)C1=C[C@@H](O)[C@H](O)[C@H](OC2[C@@H](CO)OC(O)[C@H](NS(=O)(=O)O)[C@H]2O)O1. The Balaban J connectivity index is 2.23. The average Bonchev–Trinajstić information content (AvgIpc) is 2.56. The monoisotopic (exact) mass is 417 g/mol. The largest absolute Gasteiger partial charge is 0.475 e. The van der Waals surface area contributed by atoms with Crippen molar-refractivity contribution < 1.29 is 62.6 Å². The summed E-state index contributed by atoms with van der Waals surface area (Å²) < 4.78 is 47.2. The van der Waals surface area contributed by atoms with Crippen LogP contribution in [-0.4, -0.2) is 105 Å². The van der Waals surface area contributed by atoms with E-state index in [1.807, 2.05) is 0 Å². The molecule has 2 rings (SSSR count). The summed E-state index contributed by atoms with van der Waals surface area (Å²) in [6, 6.07) is -1.84. The number of aliphatic hydroxyl groups excluding tert-OH is 5. The molecule has 0 amide bonds. The van der Waals surface area contributed by atoms with Gasteiger partial charge in [0.15, 0.2) is 6.29 Å². The molecule has 0 aromatic rings. The smallest absolute Gasteiger partial charge is 0.371 e. The minimum absolute atomic E-state index is 0.705. The van der Waals surface area contributed by atoms with Crippen LogP contribution in [0.15, 0.2) is 11.8 Å². The highest BCUT2D eigenvalue weighted by Crippen LogP contribution is 2.28. The Morgan fingerprint density at radius 3 is 2.37 bits per heavy atom. The van der Waals surface area contributed by atoms with Gasteiger partial charge in [-0.1, -0.05) is 0 Å². The molecule has 2 aliphatic rings. The second kappa shape index (κ2) is 8.31. The molecule has 0 aliphatic carbocycles. The number of rotatable bonds is 6. The lowest BCUT2D eigenvalue weighted by atomic mass is 9.97. The highest BCUT2D eigenvalue weighted by Gasteiger charge is 2.49. The first-order valence-corrected chi connectivity index (χ1v) is 8.89. The molecular weight excluding hydrogens is 398 g/mol. The number of nitrogens with one attached hydrogen (secondary N) is 1. The van der Waals surface area contributed by atoms with Gasteiger partial charge in [-0.05, 0) is 6.08 Å². The molecule has 0 aromatic heterocycles. The minimum atomic E-state index is -4.89. The molecule has 156 valence electrons. The molecule has 0 aromatic carbocycles. The third kappa shape index (κ3) is 5.11. The molecule has 2 heterocycles. The van der Waals surface area contributed by atoms with Gasteiger partial charge in [0.1, 0.15) is 36.6 Å². The maximum atomic E-state index is 11.0. The average molecular weight is 417 g/mol. The Hall–Kier alpha value is -1.40. The predicted octanol–water partition coefficient (Wildman–Crippen LogP) is -4.75. The molecule has 15 heteroatoms. The van der Waals surface area contributed by atoms with Crippen molar-refractivity contribution in [1.82, 2.24) is 4.72 Å². The molecule has 2 aliphatic heterocycles. The van der Waals surface area contributed by atoms with Crippen molar-refractivity contribution in [2.75, 3.05) is 6.61 Å². The fourth-order valence-electron chi connectivity index (χ4n) is 2.58. The van der Waals surface area contributed by atoms with Gasteiger partial charge in [0, 0.05) is 0 Å². The Bertz CT molecular complexity index is 681. The summed E-state index contributed by atoms with van der Waals surface area (Å²) in [5.74, 6) is -2.35. The normalized spacial score (nSPS) is 40.1. The highest BCUT2D eigenvalue weighted by molar-refractivity contribution is 7.83. The molecule has 8 N–H and O–H groups in total. The standard InChI is InChI=1S/C12H19NO13S/c14-2-5-9(8(17)6(11(20)24-5)13-27(21,22)23)26-12-7(16)3(15)1-4(25-12)10(18)19/h1,3,5-9,11-17,20H,2H2,(H,18,19)(H,21,22,23)/t3-,5-,6-,7+,8-,9?,11?,12+/m1/s1. The summed E-state index contributed by atoms with van der Waals surface area (Å²) in [6.45, 7) is -0.843. The van der Waals surface area contributed by atoms with Crippen molar-refractivity contribution in [3.05, 3.63) is 11.8 Å². The second-order valence-electron chi connectivity index (χ2n) is 5.76. The van der Waals surface area contributed by atoms with Crippen LogP contribution >= 0.6 is 0 Å². The molecule has 1 fully saturated rings. The number of carbonyl (C=O) groups is 1. The van der Waals surface area contributed by atoms with Crippen LogP contribution in [0.3, 0.4) is 0 Å². The second-order valence-corrected chi connectivity index (χ2v) is 6.95. The molecule has 0 spiro atoms. The van der Waals surface area contributed by atoms with Crippen LogP contribution in [0.1, 0.15) is 0 Å². The van der Waals surface area contributed by atoms with Crippen LogP contribution in [0.5, 0.6) is 0 Å². The van der Waals surface area contributed by atoms with E-state index in [0.717, 1.165) is 0 Å².